The van der Waals surface area contributed by atoms with Gasteiger partial charge in [0.05, 0.1) is 6.54 Å². The zero-order valence-corrected chi connectivity index (χ0v) is 15.4. The Hall–Kier alpha value is -2.14. The molecule has 0 saturated carbocycles. The Morgan fingerprint density at radius 1 is 1.20 bits per heavy atom. The Morgan fingerprint density at radius 3 is 2.68 bits per heavy atom. The van der Waals surface area contributed by atoms with Gasteiger partial charge < -0.3 is 5.32 Å². The van der Waals surface area contributed by atoms with Crippen molar-refractivity contribution in [2.75, 3.05) is 0 Å². The smallest absolute Gasteiger partial charge is 0.319 e. The maximum Gasteiger partial charge on any atom is 0.325 e. The molecular weight excluding hydrogens is 332 g/mol. The van der Waals surface area contributed by atoms with Crippen LogP contribution in [0.3, 0.4) is 0 Å². The van der Waals surface area contributed by atoms with Crippen molar-refractivity contribution in [3.8, 4) is 0 Å². The van der Waals surface area contributed by atoms with Gasteiger partial charge in [-0.1, -0.05) is 38.1 Å². The number of rotatable bonds is 3. The Bertz CT molecular complexity index is 824. The molecule has 130 valence electrons. The van der Waals surface area contributed by atoms with Crippen molar-refractivity contribution in [2.45, 2.75) is 51.1 Å². The summed E-state index contributed by atoms with van der Waals surface area (Å²) in [6.45, 7) is 4.62. The highest BCUT2D eigenvalue weighted by atomic mass is 32.1. The number of carbonyl (C=O) groups is 2. The summed E-state index contributed by atoms with van der Waals surface area (Å²) in [6.07, 6.45) is 2.61. The number of carbonyl (C=O) groups excluding carboxylic acids is 2. The molecule has 1 spiro atoms. The number of hydrogen-bond acceptors (Lipinski definition) is 3. The van der Waals surface area contributed by atoms with E-state index >= 15 is 0 Å². The zero-order chi connectivity index (χ0) is 17.6. The summed E-state index contributed by atoms with van der Waals surface area (Å²) < 4.78 is 0. The second-order valence-corrected chi connectivity index (χ2v) is 8.23. The van der Waals surface area contributed by atoms with Crippen LogP contribution in [0.4, 0.5) is 4.79 Å². The normalized spacial score (nSPS) is 22.6. The van der Waals surface area contributed by atoms with Crippen LogP contribution in [-0.4, -0.2) is 16.8 Å². The fraction of sp³-hybridized carbons (Fsp3) is 0.400. The number of thiophene rings is 1. The van der Waals surface area contributed by atoms with E-state index in [1.54, 1.807) is 11.3 Å². The molecule has 4 nitrogen and oxygen atoms in total. The van der Waals surface area contributed by atoms with Gasteiger partial charge in [0.2, 0.25) is 0 Å². The highest BCUT2D eigenvalue weighted by molar-refractivity contribution is 7.10. The third-order valence-corrected chi connectivity index (χ3v) is 6.30. The van der Waals surface area contributed by atoms with Crippen molar-refractivity contribution >= 4 is 23.3 Å². The molecule has 0 bridgehead atoms. The van der Waals surface area contributed by atoms with Gasteiger partial charge in [0.15, 0.2) is 0 Å². The van der Waals surface area contributed by atoms with Crippen LogP contribution in [0, 0.1) is 0 Å². The molecule has 3 amide bonds. The largest absolute Gasteiger partial charge is 0.325 e. The minimum Gasteiger partial charge on any atom is -0.319 e. The minimum absolute atomic E-state index is 0.107. The first kappa shape index (κ1) is 16.3. The van der Waals surface area contributed by atoms with Crippen LogP contribution >= 0.6 is 11.3 Å². The molecule has 1 aliphatic carbocycles. The van der Waals surface area contributed by atoms with Crippen LogP contribution in [0.15, 0.2) is 35.7 Å². The molecule has 1 fully saturated rings. The van der Waals surface area contributed by atoms with Crippen LogP contribution in [0.2, 0.25) is 0 Å². The van der Waals surface area contributed by atoms with Crippen molar-refractivity contribution < 1.29 is 9.59 Å². The van der Waals surface area contributed by atoms with E-state index in [0.717, 1.165) is 24.0 Å². The number of imide groups is 1. The number of nitrogens with zero attached hydrogens (tertiary/aromatic N) is 1. The summed E-state index contributed by atoms with van der Waals surface area (Å²) in [5.74, 6) is 0.359. The molecule has 1 aliphatic heterocycles. The van der Waals surface area contributed by atoms with Crippen LogP contribution in [0.1, 0.15) is 54.2 Å². The maximum absolute atomic E-state index is 13.2. The summed E-state index contributed by atoms with van der Waals surface area (Å²) in [5.41, 5.74) is 2.39. The molecular formula is C20H22N2O2S. The van der Waals surface area contributed by atoms with E-state index in [0.29, 0.717) is 18.9 Å². The molecule has 2 heterocycles. The van der Waals surface area contributed by atoms with E-state index in [2.05, 4.69) is 31.3 Å². The molecule has 0 radical (unpaired) electrons. The van der Waals surface area contributed by atoms with E-state index < -0.39 is 5.54 Å². The fourth-order valence-electron chi connectivity index (χ4n) is 3.88. The molecule has 25 heavy (non-hydrogen) atoms. The zero-order valence-electron chi connectivity index (χ0n) is 14.5. The van der Waals surface area contributed by atoms with Crippen LogP contribution in [0.25, 0.3) is 0 Å². The van der Waals surface area contributed by atoms with Gasteiger partial charge >= 0.3 is 6.03 Å². The average molecular weight is 354 g/mol. The summed E-state index contributed by atoms with van der Waals surface area (Å²) in [5, 5.41) is 5.02. The van der Waals surface area contributed by atoms with Crippen molar-refractivity contribution in [1.29, 1.82) is 0 Å². The summed E-state index contributed by atoms with van der Waals surface area (Å²) in [7, 11) is 0. The van der Waals surface area contributed by atoms with Crippen molar-refractivity contribution in [3.63, 3.8) is 0 Å². The second kappa shape index (κ2) is 5.99. The molecule has 0 unspecified atom stereocenters. The first-order valence-electron chi connectivity index (χ1n) is 8.81. The lowest BCUT2D eigenvalue weighted by Crippen LogP contribution is -2.46. The highest BCUT2D eigenvalue weighted by Crippen LogP contribution is 2.42. The van der Waals surface area contributed by atoms with E-state index in [1.807, 2.05) is 23.6 Å². The SMILES string of the molecule is CC(C)c1ccc(CN2C(=O)N[C@]3(CCCc4sccc43)C2=O)cc1. The van der Waals surface area contributed by atoms with Gasteiger partial charge in [0.1, 0.15) is 5.54 Å². The third-order valence-electron chi connectivity index (χ3n) is 5.32. The van der Waals surface area contributed by atoms with E-state index in [4.69, 9.17) is 0 Å². The van der Waals surface area contributed by atoms with Crippen LogP contribution in [-0.2, 0) is 23.3 Å². The molecule has 5 heteroatoms. The first-order chi connectivity index (χ1) is 12.0. The van der Waals surface area contributed by atoms with Gasteiger partial charge in [-0.3, -0.25) is 9.69 Å². The Kier molecular flexibility index (Phi) is 3.91. The first-order valence-corrected chi connectivity index (χ1v) is 9.69. The molecule has 1 atom stereocenters. The van der Waals surface area contributed by atoms with Crippen molar-refractivity contribution in [3.05, 3.63) is 57.3 Å². The van der Waals surface area contributed by atoms with E-state index in [9.17, 15) is 9.59 Å². The highest BCUT2D eigenvalue weighted by Gasteiger charge is 2.54. The van der Waals surface area contributed by atoms with Crippen LogP contribution in [0.5, 0.6) is 0 Å². The summed E-state index contributed by atoms with van der Waals surface area (Å²) in [6, 6.07) is 9.89. The predicted octanol–water partition coefficient (Wildman–Crippen LogP) is 4.16. The lowest BCUT2D eigenvalue weighted by atomic mass is 9.80. The topological polar surface area (TPSA) is 49.4 Å². The summed E-state index contributed by atoms with van der Waals surface area (Å²) >= 11 is 1.68. The number of hydrogen-bond donors (Lipinski definition) is 1. The minimum atomic E-state index is -0.845. The number of benzene rings is 1. The van der Waals surface area contributed by atoms with Crippen molar-refractivity contribution in [2.24, 2.45) is 0 Å². The van der Waals surface area contributed by atoms with Gasteiger partial charge in [-0.05, 0) is 47.8 Å². The van der Waals surface area contributed by atoms with Gasteiger partial charge in [-0.2, -0.15) is 0 Å². The second-order valence-electron chi connectivity index (χ2n) is 7.23. The lowest BCUT2D eigenvalue weighted by molar-refractivity contribution is -0.132. The molecule has 2 aliphatic rings. The molecule has 1 aromatic carbocycles. The monoisotopic (exact) mass is 354 g/mol. The molecule has 1 N–H and O–H groups in total. The molecule has 2 aromatic rings. The fourth-order valence-corrected chi connectivity index (χ4v) is 4.88. The van der Waals surface area contributed by atoms with Gasteiger partial charge in [0.25, 0.3) is 5.91 Å². The Balaban J connectivity index is 1.61. The predicted molar refractivity (Wildman–Crippen MR) is 98.5 cm³/mol. The van der Waals surface area contributed by atoms with Gasteiger partial charge in [-0.15, -0.1) is 11.3 Å². The van der Waals surface area contributed by atoms with E-state index in [-0.39, 0.29) is 11.9 Å². The van der Waals surface area contributed by atoms with Crippen LogP contribution < -0.4 is 5.32 Å². The van der Waals surface area contributed by atoms with Crippen molar-refractivity contribution in [1.82, 2.24) is 10.2 Å². The summed E-state index contributed by atoms with van der Waals surface area (Å²) in [4.78, 5) is 28.3. The average Bonchev–Trinajstić information content (AvgIpc) is 3.16. The molecule has 1 saturated heterocycles. The number of urea groups is 1. The molecule has 4 rings (SSSR count). The third kappa shape index (κ3) is 2.58. The number of fused-ring (bicyclic) bond motifs is 2. The Labute approximate surface area is 151 Å². The number of nitrogens with one attached hydrogen (secondary N) is 1. The number of amides is 3. The maximum atomic E-state index is 13.2. The quantitative estimate of drug-likeness (QED) is 0.842. The Morgan fingerprint density at radius 2 is 1.96 bits per heavy atom. The van der Waals surface area contributed by atoms with Gasteiger partial charge in [-0.25, -0.2) is 4.79 Å². The van der Waals surface area contributed by atoms with Gasteiger partial charge in [0, 0.05) is 10.4 Å². The van der Waals surface area contributed by atoms with E-state index in [1.165, 1.54) is 15.3 Å². The number of aryl methyl sites for hydroxylation is 1. The standard InChI is InChI=1S/C20H22N2O2S/c1-13(2)15-7-5-14(6-8-15)12-22-18(23)20(21-19(22)24)10-3-4-17-16(20)9-11-25-17/h5-9,11,13H,3-4,10,12H2,1-2H3,(H,21,24)/t20-/m0/s1. The lowest BCUT2D eigenvalue weighted by Gasteiger charge is -2.31. The molecule has 1 aromatic heterocycles.